The Hall–Kier alpha value is -4.65. The van der Waals surface area contributed by atoms with Gasteiger partial charge in [-0.05, 0) is 54.6 Å². The van der Waals surface area contributed by atoms with Crippen LogP contribution in [0, 0.1) is 26.0 Å². The van der Waals surface area contributed by atoms with E-state index in [1.54, 1.807) is 12.3 Å². The molecule has 8 heteroatoms. The molecular weight excluding hydrogens is 740 g/mol. The van der Waals surface area contributed by atoms with E-state index in [4.69, 9.17) is 9.40 Å². The van der Waals surface area contributed by atoms with Crippen LogP contribution in [0.5, 0.6) is 0 Å². The molecule has 4 heterocycles. The Kier molecular flexibility index (Phi) is 9.04. The molecule has 0 aliphatic heterocycles. The molecule has 0 unspecified atom stereocenters. The zero-order valence-corrected chi connectivity index (χ0v) is 26.0. The molecule has 4 aromatic heterocycles. The molecule has 44 heavy (non-hydrogen) atoms. The Morgan fingerprint density at radius 1 is 0.682 bits per heavy atom. The summed E-state index contributed by atoms with van der Waals surface area (Å²) in [7, 11) is 0. The number of rotatable bonds is 3. The summed E-state index contributed by atoms with van der Waals surface area (Å²) in [5.41, 5.74) is 7.12. The van der Waals surface area contributed by atoms with Gasteiger partial charge in [-0.3, -0.25) is 0 Å². The van der Waals surface area contributed by atoms with Crippen LogP contribution >= 0.6 is 0 Å². The molecule has 0 bridgehead atoms. The number of aromatic nitrogens is 3. The fraction of sp³-hybridized carbons (Fsp3) is 0.0833. The van der Waals surface area contributed by atoms with Gasteiger partial charge in [-0.1, -0.05) is 53.4 Å². The largest absolute Gasteiger partial charge is 0.486 e. The summed E-state index contributed by atoms with van der Waals surface area (Å²) in [6.45, 7) is 4.08. The van der Waals surface area contributed by atoms with Crippen molar-refractivity contribution in [2.45, 2.75) is 20.0 Å². The van der Waals surface area contributed by atoms with Crippen LogP contribution in [0.3, 0.4) is 0 Å². The van der Waals surface area contributed by atoms with E-state index in [1.807, 2.05) is 92.7 Å². The maximum atomic E-state index is 12.9. The van der Waals surface area contributed by atoms with Crippen molar-refractivity contribution in [3.8, 4) is 33.8 Å². The monoisotopic (exact) mass is 764 g/mol. The molecule has 7 aromatic rings. The Labute approximate surface area is 266 Å². The number of hydrogen-bond donors (Lipinski definition) is 0. The molecular formula is C36H24F3IrN3O-2. The molecule has 4 nitrogen and oxygen atoms in total. The number of hydrogen-bond acceptors (Lipinski definition) is 4. The standard InChI is InChI=1S/C25H16F3N2O.C11H8N.Ir/c1-14-5-3-6-15(2)22(14)21-12-10-18-17-7-4-8-19(23(17)31-24(18)30-21)20-11-9-16(13-29-20)25(26,27)28;1-2-6-10(7-3-1)11-8-4-5-9-12-11;/h3-7,9-13H,1-2H3;1-6,8-9H;/q2*-1;. The smallest absolute Gasteiger partial charge is 0.417 e. The van der Waals surface area contributed by atoms with Crippen molar-refractivity contribution >= 4 is 22.1 Å². The van der Waals surface area contributed by atoms with Crippen LogP contribution in [-0.4, -0.2) is 15.0 Å². The summed E-state index contributed by atoms with van der Waals surface area (Å²) in [5.74, 6) is 0. The topological polar surface area (TPSA) is 51.8 Å². The van der Waals surface area contributed by atoms with Gasteiger partial charge in [-0.25, -0.2) is 4.98 Å². The summed E-state index contributed by atoms with van der Waals surface area (Å²) in [4.78, 5) is 12.9. The molecule has 0 fully saturated rings. The van der Waals surface area contributed by atoms with E-state index in [1.165, 1.54) is 6.07 Å². The maximum absolute atomic E-state index is 12.9. The fourth-order valence-electron chi connectivity index (χ4n) is 4.95. The van der Waals surface area contributed by atoms with E-state index in [2.05, 4.69) is 22.1 Å². The van der Waals surface area contributed by atoms with Crippen LogP contribution in [-0.2, 0) is 26.3 Å². The third-order valence-electron chi connectivity index (χ3n) is 7.03. The first-order valence-electron chi connectivity index (χ1n) is 13.5. The number of aryl methyl sites for hydroxylation is 2. The van der Waals surface area contributed by atoms with Gasteiger partial charge in [0.05, 0.1) is 16.8 Å². The van der Waals surface area contributed by atoms with Crippen LogP contribution in [0.25, 0.3) is 55.8 Å². The van der Waals surface area contributed by atoms with Crippen LogP contribution in [0.15, 0.2) is 114 Å². The molecule has 0 aliphatic rings. The molecule has 1 radical (unpaired) electrons. The predicted molar refractivity (Wildman–Crippen MR) is 162 cm³/mol. The van der Waals surface area contributed by atoms with Crippen LogP contribution in [0.1, 0.15) is 16.7 Å². The predicted octanol–water partition coefficient (Wildman–Crippen LogP) is 9.69. The number of alkyl halides is 3. The first kappa shape index (κ1) is 30.8. The van der Waals surface area contributed by atoms with Gasteiger partial charge < -0.3 is 14.4 Å². The average Bonchev–Trinajstić information content (AvgIpc) is 3.40. The van der Waals surface area contributed by atoms with Crippen LogP contribution < -0.4 is 0 Å². The van der Waals surface area contributed by atoms with Crippen molar-refractivity contribution in [3.63, 3.8) is 0 Å². The van der Waals surface area contributed by atoms with E-state index in [9.17, 15) is 13.2 Å². The second kappa shape index (κ2) is 12.9. The Balaban J connectivity index is 0.000000248. The molecule has 0 amide bonds. The van der Waals surface area contributed by atoms with Crippen LogP contribution in [0.2, 0.25) is 0 Å². The van der Waals surface area contributed by atoms with Gasteiger partial charge in [0.25, 0.3) is 0 Å². The number of fused-ring (bicyclic) bond motifs is 3. The van der Waals surface area contributed by atoms with E-state index in [0.717, 1.165) is 56.7 Å². The van der Waals surface area contributed by atoms with Crippen molar-refractivity contribution < 1.29 is 37.7 Å². The van der Waals surface area contributed by atoms with Gasteiger partial charge >= 0.3 is 6.18 Å². The molecule has 7 rings (SSSR count). The Bertz CT molecular complexity index is 1970. The number of halogens is 3. The minimum Gasteiger partial charge on any atom is -0.486 e. The van der Waals surface area contributed by atoms with Crippen molar-refractivity contribution in [1.82, 2.24) is 15.0 Å². The fourth-order valence-corrected chi connectivity index (χ4v) is 4.95. The van der Waals surface area contributed by atoms with Gasteiger partial charge in [0.1, 0.15) is 0 Å². The van der Waals surface area contributed by atoms with Crippen molar-refractivity contribution in [1.29, 1.82) is 0 Å². The second-order valence-electron chi connectivity index (χ2n) is 9.93. The molecule has 0 saturated carbocycles. The van der Waals surface area contributed by atoms with Crippen molar-refractivity contribution in [2.24, 2.45) is 0 Å². The summed E-state index contributed by atoms with van der Waals surface area (Å²) in [6, 6.07) is 35.8. The molecule has 0 N–H and O–H groups in total. The van der Waals surface area contributed by atoms with Gasteiger partial charge in [0.15, 0.2) is 0 Å². The number of benzene rings is 3. The average molecular weight is 764 g/mol. The minimum absolute atomic E-state index is 0. The van der Waals surface area contributed by atoms with Gasteiger partial charge in [0.2, 0.25) is 5.71 Å². The Morgan fingerprint density at radius 2 is 1.45 bits per heavy atom. The van der Waals surface area contributed by atoms with Crippen LogP contribution in [0.4, 0.5) is 13.2 Å². The normalized spacial score (nSPS) is 11.1. The molecule has 221 valence electrons. The zero-order chi connectivity index (χ0) is 30.0. The number of pyridine rings is 3. The quantitative estimate of drug-likeness (QED) is 0.168. The van der Waals surface area contributed by atoms with Gasteiger partial charge in [-0.2, -0.15) is 13.2 Å². The molecule has 0 atom stereocenters. The SMILES string of the molecule is Cc1cccc(C)c1-c1ccc2c(n1)oc1c(-c3ccc(C(F)(F)F)cn3)[c-]ccc12.[Ir].[c-]1ccccc1-c1ccccn1. The second-order valence-corrected chi connectivity index (χ2v) is 9.93. The molecule has 0 saturated heterocycles. The summed E-state index contributed by atoms with van der Waals surface area (Å²) >= 11 is 0. The van der Waals surface area contributed by atoms with Gasteiger partial charge in [0, 0.05) is 43.4 Å². The third-order valence-corrected chi connectivity index (χ3v) is 7.03. The molecule has 3 aromatic carbocycles. The summed E-state index contributed by atoms with van der Waals surface area (Å²) in [6.07, 6.45) is -1.83. The number of furan rings is 1. The van der Waals surface area contributed by atoms with E-state index in [0.29, 0.717) is 22.6 Å². The van der Waals surface area contributed by atoms with E-state index < -0.39 is 11.7 Å². The molecule has 0 aliphatic carbocycles. The van der Waals surface area contributed by atoms with Crippen molar-refractivity contribution in [3.05, 3.63) is 138 Å². The van der Waals surface area contributed by atoms with E-state index >= 15 is 0 Å². The number of nitrogens with zero attached hydrogens (tertiary/aromatic N) is 3. The van der Waals surface area contributed by atoms with Crippen molar-refractivity contribution in [2.75, 3.05) is 0 Å². The summed E-state index contributed by atoms with van der Waals surface area (Å²) < 4.78 is 44.7. The maximum Gasteiger partial charge on any atom is 0.417 e. The summed E-state index contributed by atoms with van der Waals surface area (Å²) in [5, 5.41) is 1.64. The third kappa shape index (κ3) is 6.32. The van der Waals surface area contributed by atoms with E-state index in [-0.39, 0.29) is 20.1 Å². The Morgan fingerprint density at radius 3 is 2.11 bits per heavy atom. The zero-order valence-electron chi connectivity index (χ0n) is 23.6. The molecule has 0 spiro atoms. The first-order chi connectivity index (χ1) is 20.8. The first-order valence-corrected chi connectivity index (χ1v) is 13.5. The minimum atomic E-state index is -4.44. The van der Waals surface area contributed by atoms with Gasteiger partial charge in [-0.15, -0.1) is 54.1 Å².